The Bertz CT molecular complexity index is 470. The van der Waals surface area contributed by atoms with Crippen LogP contribution in [0, 0.1) is 30.0 Å². The van der Waals surface area contributed by atoms with Crippen LogP contribution in [0.3, 0.4) is 0 Å². The fourth-order valence-corrected chi connectivity index (χ4v) is 2.71. The lowest BCUT2D eigenvalue weighted by Gasteiger charge is -2.23. The SMILES string of the molecule is Cc1c(F)cc(C#N)cc1NC(C)C1CCCC1. The Morgan fingerprint density at radius 2 is 2.06 bits per heavy atom. The number of hydrogen-bond acceptors (Lipinski definition) is 2. The topological polar surface area (TPSA) is 35.8 Å². The van der Waals surface area contributed by atoms with E-state index >= 15 is 0 Å². The zero-order chi connectivity index (χ0) is 13.1. The van der Waals surface area contributed by atoms with E-state index in [0.717, 1.165) is 5.69 Å². The normalized spacial score (nSPS) is 17.4. The lowest BCUT2D eigenvalue weighted by atomic mass is 9.99. The molecule has 0 spiro atoms. The predicted molar refractivity (Wildman–Crippen MR) is 70.9 cm³/mol. The van der Waals surface area contributed by atoms with Gasteiger partial charge < -0.3 is 5.32 Å². The number of nitrogens with one attached hydrogen (secondary N) is 1. The number of hydrogen-bond donors (Lipinski definition) is 1. The van der Waals surface area contributed by atoms with E-state index in [0.29, 0.717) is 23.1 Å². The lowest BCUT2D eigenvalue weighted by Crippen LogP contribution is -2.24. The van der Waals surface area contributed by atoms with Crippen molar-refractivity contribution in [3.8, 4) is 6.07 Å². The molecule has 3 heteroatoms. The molecule has 1 aromatic rings. The number of benzene rings is 1. The molecule has 1 saturated carbocycles. The van der Waals surface area contributed by atoms with Gasteiger partial charge in [-0.3, -0.25) is 0 Å². The summed E-state index contributed by atoms with van der Waals surface area (Å²) in [7, 11) is 0. The van der Waals surface area contributed by atoms with Crippen molar-refractivity contribution in [2.75, 3.05) is 5.32 Å². The van der Waals surface area contributed by atoms with Crippen LogP contribution in [0.15, 0.2) is 12.1 Å². The standard InChI is InChI=1S/C15H19FN2/c1-10-14(16)7-12(9-17)8-15(10)18-11(2)13-5-3-4-6-13/h7-8,11,13,18H,3-6H2,1-2H3. The third-order valence-corrected chi connectivity index (χ3v) is 3.96. The van der Waals surface area contributed by atoms with Gasteiger partial charge in [-0.05, 0) is 44.7 Å². The molecule has 2 rings (SSSR count). The summed E-state index contributed by atoms with van der Waals surface area (Å²) in [5, 5.41) is 12.3. The summed E-state index contributed by atoms with van der Waals surface area (Å²) in [5.74, 6) is 0.355. The molecule has 1 aliphatic carbocycles. The molecule has 1 aromatic carbocycles. The minimum absolute atomic E-state index is 0.310. The minimum Gasteiger partial charge on any atom is -0.382 e. The van der Waals surface area contributed by atoms with Crippen molar-refractivity contribution in [1.29, 1.82) is 5.26 Å². The molecule has 0 saturated heterocycles. The van der Waals surface area contributed by atoms with Crippen molar-refractivity contribution >= 4 is 5.69 Å². The second-order valence-corrected chi connectivity index (χ2v) is 5.22. The van der Waals surface area contributed by atoms with Gasteiger partial charge in [0, 0.05) is 17.3 Å². The number of nitrogens with zero attached hydrogens (tertiary/aromatic N) is 1. The van der Waals surface area contributed by atoms with E-state index in [-0.39, 0.29) is 5.82 Å². The molecule has 0 aromatic heterocycles. The summed E-state index contributed by atoms with van der Waals surface area (Å²) >= 11 is 0. The maximum absolute atomic E-state index is 13.7. The van der Waals surface area contributed by atoms with Crippen LogP contribution in [-0.2, 0) is 0 Å². The zero-order valence-electron chi connectivity index (χ0n) is 11.0. The van der Waals surface area contributed by atoms with E-state index < -0.39 is 0 Å². The number of halogens is 1. The molecule has 1 fully saturated rings. The molecule has 0 bridgehead atoms. The van der Waals surface area contributed by atoms with E-state index in [1.54, 1.807) is 13.0 Å². The molecule has 2 nitrogen and oxygen atoms in total. The molecule has 0 heterocycles. The Kier molecular flexibility index (Phi) is 3.86. The number of rotatable bonds is 3. The first-order valence-electron chi connectivity index (χ1n) is 6.58. The highest BCUT2D eigenvalue weighted by atomic mass is 19.1. The van der Waals surface area contributed by atoms with Gasteiger partial charge in [-0.2, -0.15) is 5.26 Å². The summed E-state index contributed by atoms with van der Waals surface area (Å²) in [4.78, 5) is 0. The van der Waals surface area contributed by atoms with Gasteiger partial charge in [-0.15, -0.1) is 0 Å². The van der Waals surface area contributed by atoms with Crippen molar-refractivity contribution in [3.05, 3.63) is 29.1 Å². The van der Waals surface area contributed by atoms with Gasteiger partial charge in [0.1, 0.15) is 5.82 Å². The smallest absolute Gasteiger partial charge is 0.129 e. The second-order valence-electron chi connectivity index (χ2n) is 5.22. The van der Waals surface area contributed by atoms with Crippen LogP contribution in [0.4, 0.5) is 10.1 Å². The van der Waals surface area contributed by atoms with Gasteiger partial charge in [0.2, 0.25) is 0 Å². The molecule has 1 N–H and O–H groups in total. The van der Waals surface area contributed by atoms with Crippen molar-refractivity contribution in [2.45, 2.75) is 45.6 Å². The van der Waals surface area contributed by atoms with E-state index in [2.05, 4.69) is 12.2 Å². The quantitative estimate of drug-likeness (QED) is 0.875. The van der Waals surface area contributed by atoms with Gasteiger partial charge in [-0.25, -0.2) is 4.39 Å². The summed E-state index contributed by atoms with van der Waals surface area (Å²) < 4.78 is 13.7. The van der Waals surface area contributed by atoms with E-state index in [1.165, 1.54) is 31.7 Å². The van der Waals surface area contributed by atoms with Crippen LogP contribution in [-0.4, -0.2) is 6.04 Å². The number of nitriles is 1. The molecule has 1 aliphatic rings. The average molecular weight is 246 g/mol. The Morgan fingerprint density at radius 1 is 1.39 bits per heavy atom. The number of anilines is 1. The third-order valence-electron chi connectivity index (χ3n) is 3.96. The summed E-state index contributed by atoms with van der Waals surface area (Å²) in [6, 6.07) is 5.36. The zero-order valence-corrected chi connectivity index (χ0v) is 11.0. The van der Waals surface area contributed by atoms with Crippen molar-refractivity contribution in [2.24, 2.45) is 5.92 Å². The monoisotopic (exact) mass is 246 g/mol. The molecule has 0 amide bonds. The molecule has 0 radical (unpaired) electrons. The second kappa shape index (κ2) is 5.39. The van der Waals surface area contributed by atoms with Crippen molar-refractivity contribution in [1.82, 2.24) is 0 Å². The minimum atomic E-state index is -0.310. The summed E-state index contributed by atoms with van der Waals surface area (Å²) in [5.41, 5.74) is 1.73. The van der Waals surface area contributed by atoms with Gasteiger partial charge >= 0.3 is 0 Å². The van der Waals surface area contributed by atoms with Crippen LogP contribution < -0.4 is 5.32 Å². The highest BCUT2D eigenvalue weighted by Gasteiger charge is 2.22. The third kappa shape index (κ3) is 2.64. The highest BCUT2D eigenvalue weighted by Crippen LogP contribution is 2.30. The first-order chi connectivity index (χ1) is 8.61. The Hall–Kier alpha value is -1.56. The molecule has 1 unspecified atom stereocenters. The largest absolute Gasteiger partial charge is 0.382 e. The van der Waals surface area contributed by atoms with Crippen LogP contribution in [0.5, 0.6) is 0 Å². The van der Waals surface area contributed by atoms with Crippen LogP contribution in [0.1, 0.15) is 43.7 Å². The first-order valence-corrected chi connectivity index (χ1v) is 6.58. The average Bonchev–Trinajstić information content (AvgIpc) is 2.88. The maximum atomic E-state index is 13.7. The molecular formula is C15H19FN2. The van der Waals surface area contributed by atoms with Crippen LogP contribution in [0.2, 0.25) is 0 Å². The molecular weight excluding hydrogens is 227 g/mol. The van der Waals surface area contributed by atoms with Crippen LogP contribution in [0.25, 0.3) is 0 Å². The molecule has 96 valence electrons. The molecule has 1 atom stereocenters. The molecule has 18 heavy (non-hydrogen) atoms. The van der Waals surface area contributed by atoms with Gasteiger partial charge in [0.25, 0.3) is 0 Å². The van der Waals surface area contributed by atoms with E-state index in [9.17, 15) is 4.39 Å². The van der Waals surface area contributed by atoms with E-state index in [4.69, 9.17) is 5.26 Å². The summed E-state index contributed by atoms with van der Waals surface area (Å²) in [6.45, 7) is 3.90. The lowest BCUT2D eigenvalue weighted by molar-refractivity contribution is 0.481. The maximum Gasteiger partial charge on any atom is 0.129 e. The van der Waals surface area contributed by atoms with Gasteiger partial charge in [0.15, 0.2) is 0 Å². The van der Waals surface area contributed by atoms with Crippen LogP contribution >= 0.6 is 0 Å². The van der Waals surface area contributed by atoms with E-state index in [1.807, 2.05) is 6.07 Å². The van der Waals surface area contributed by atoms with Crippen molar-refractivity contribution < 1.29 is 4.39 Å². The Balaban J connectivity index is 2.17. The first kappa shape index (κ1) is 12.9. The fourth-order valence-electron chi connectivity index (χ4n) is 2.71. The Morgan fingerprint density at radius 3 is 2.67 bits per heavy atom. The predicted octanol–water partition coefficient (Wildman–Crippen LogP) is 4.00. The summed E-state index contributed by atoms with van der Waals surface area (Å²) in [6.07, 6.45) is 5.08. The van der Waals surface area contributed by atoms with Gasteiger partial charge in [-0.1, -0.05) is 12.8 Å². The fraction of sp³-hybridized carbons (Fsp3) is 0.533. The molecule has 0 aliphatic heterocycles. The van der Waals surface area contributed by atoms with Crippen molar-refractivity contribution in [3.63, 3.8) is 0 Å². The highest BCUT2D eigenvalue weighted by molar-refractivity contribution is 5.56. The van der Waals surface area contributed by atoms with Gasteiger partial charge in [0.05, 0.1) is 11.6 Å². The Labute approximate surface area is 108 Å².